The maximum Gasteiger partial charge on any atom is 0.00913 e. The molecule has 1 heterocycles. The Morgan fingerprint density at radius 3 is 2.56 bits per heavy atom. The molecule has 1 aromatic carbocycles. The molecule has 2 N–H and O–H groups in total. The van der Waals surface area contributed by atoms with Gasteiger partial charge in [0.1, 0.15) is 0 Å². The first kappa shape index (κ1) is 11.6. The predicted octanol–water partition coefficient (Wildman–Crippen LogP) is 1.88. The molecule has 0 aromatic heterocycles. The highest BCUT2D eigenvalue weighted by atomic mass is 15.0. The van der Waals surface area contributed by atoms with Gasteiger partial charge in [-0.15, -0.1) is 0 Å². The van der Waals surface area contributed by atoms with Crippen LogP contribution in [0.25, 0.3) is 0 Å². The Labute approximate surface area is 98.4 Å². The number of nitrogens with one attached hydrogen (secondary N) is 2. The number of aryl methyl sites for hydroxylation is 1. The van der Waals surface area contributed by atoms with E-state index in [-0.39, 0.29) is 0 Å². The van der Waals surface area contributed by atoms with Crippen LogP contribution in [-0.4, -0.2) is 25.7 Å². The summed E-state index contributed by atoms with van der Waals surface area (Å²) in [7, 11) is 0. The third kappa shape index (κ3) is 3.62. The summed E-state index contributed by atoms with van der Waals surface area (Å²) in [5.74, 6) is 0. The van der Waals surface area contributed by atoms with E-state index in [0.717, 1.165) is 19.0 Å². The highest BCUT2D eigenvalue weighted by molar-refractivity contribution is 5.21. The number of hydrogen-bond donors (Lipinski definition) is 2. The van der Waals surface area contributed by atoms with Crippen LogP contribution in [-0.2, 0) is 6.42 Å². The molecule has 2 heteroatoms. The van der Waals surface area contributed by atoms with E-state index in [1.165, 1.54) is 37.1 Å². The Morgan fingerprint density at radius 2 is 1.88 bits per heavy atom. The molecular formula is C14H22N2. The minimum absolute atomic E-state index is 0.728. The highest BCUT2D eigenvalue weighted by Crippen LogP contribution is 2.05. The van der Waals surface area contributed by atoms with Gasteiger partial charge in [0.25, 0.3) is 0 Å². The largest absolute Gasteiger partial charge is 0.317 e. The van der Waals surface area contributed by atoms with Crippen molar-refractivity contribution in [3.8, 4) is 0 Å². The second kappa shape index (κ2) is 6.02. The molecular weight excluding hydrogens is 196 g/mol. The van der Waals surface area contributed by atoms with Gasteiger partial charge in [-0.3, -0.25) is 0 Å². The first-order chi connectivity index (χ1) is 7.84. The molecule has 1 fully saturated rings. The maximum atomic E-state index is 3.64. The fraction of sp³-hybridized carbons (Fsp3) is 0.571. The monoisotopic (exact) mass is 218 g/mol. The second-order valence-corrected chi connectivity index (χ2v) is 4.71. The van der Waals surface area contributed by atoms with E-state index in [1.807, 2.05) is 0 Å². The third-order valence-corrected chi connectivity index (χ3v) is 3.31. The van der Waals surface area contributed by atoms with Crippen LogP contribution >= 0.6 is 0 Å². The molecule has 0 unspecified atom stereocenters. The van der Waals surface area contributed by atoms with E-state index in [2.05, 4.69) is 41.8 Å². The molecule has 2 rings (SSSR count). The Balaban J connectivity index is 1.69. The van der Waals surface area contributed by atoms with Gasteiger partial charge in [0.2, 0.25) is 0 Å². The van der Waals surface area contributed by atoms with Gasteiger partial charge in [-0.25, -0.2) is 0 Å². The minimum Gasteiger partial charge on any atom is -0.317 e. The lowest BCUT2D eigenvalue weighted by molar-refractivity contribution is 0.389. The molecule has 88 valence electrons. The summed E-state index contributed by atoms with van der Waals surface area (Å²) in [4.78, 5) is 0. The van der Waals surface area contributed by atoms with Crippen molar-refractivity contribution >= 4 is 0 Å². The SMILES string of the molecule is Cc1ccc(CCNC2CCNCC2)cc1. The van der Waals surface area contributed by atoms with Crippen molar-refractivity contribution < 1.29 is 0 Å². The van der Waals surface area contributed by atoms with E-state index in [0.29, 0.717) is 0 Å². The molecule has 0 amide bonds. The van der Waals surface area contributed by atoms with Gasteiger partial charge in [-0.2, -0.15) is 0 Å². The second-order valence-electron chi connectivity index (χ2n) is 4.71. The number of rotatable bonds is 4. The standard InChI is InChI=1S/C14H22N2/c1-12-2-4-13(5-3-12)6-11-16-14-7-9-15-10-8-14/h2-5,14-16H,6-11H2,1H3. The smallest absolute Gasteiger partial charge is 0.00913 e. The quantitative estimate of drug-likeness (QED) is 0.806. The summed E-state index contributed by atoms with van der Waals surface area (Å²) in [6.45, 7) is 5.58. The average molecular weight is 218 g/mol. The summed E-state index contributed by atoms with van der Waals surface area (Å²) in [5, 5.41) is 7.03. The molecule has 16 heavy (non-hydrogen) atoms. The van der Waals surface area contributed by atoms with Crippen LogP contribution in [0.2, 0.25) is 0 Å². The zero-order valence-corrected chi connectivity index (χ0v) is 10.1. The molecule has 0 aliphatic carbocycles. The summed E-state index contributed by atoms with van der Waals surface area (Å²) in [6, 6.07) is 9.59. The fourth-order valence-electron chi connectivity index (χ4n) is 2.20. The Hall–Kier alpha value is -0.860. The van der Waals surface area contributed by atoms with Crippen molar-refractivity contribution in [1.29, 1.82) is 0 Å². The molecule has 1 saturated heterocycles. The van der Waals surface area contributed by atoms with E-state index in [1.54, 1.807) is 0 Å². The first-order valence-electron chi connectivity index (χ1n) is 6.34. The lowest BCUT2D eigenvalue weighted by Crippen LogP contribution is -2.40. The molecule has 0 spiro atoms. The van der Waals surface area contributed by atoms with Gasteiger partial charge in [-0.05, 0) is 51.4 Å². The van der Waals surface area contributed by atoms with Gasteiger partial charge in [0, 0.05) is 6.04 Å². The van der Waals surface area contributed by atoms with Crippen LogP contribution in [0.1, 0.15) is 24.0 Å². The average Bonchev–Trinajstić information content (AvgIpc) is 2.33. The van der Waals surface area contributed by atoms with Crippen LogP contribution < -0.4 is 10.6 Å². The molecule has 0 atom stereocenters. The first-order valence-corrected chi connectivity index (χ1v) is 6.34. The van der Waals surface area contributed by atoms with Gasteiger partial charge in [0.05, 0.1) is 0 Å². The van der Waals surface area contributed by atoms with Gasteiger partial charge in [0.15, 0.2) is 0 Å². The molecule has 0 radical (unpaired) electrons. The van der Waals surface area contributed by atoms with E-state index >= 15 is 0 Å². The molecule has 2 nitrogen and oxygen atoms in total. The summed E-state index contributed by atoms with van der Waals surface area (Å²) >= 11 is 0. The lowest BCUT2D eigenvalue weighted by atomic mass is 10.1. The van der Waals surface area contributed by atoms with Crippen LogP contribution in [0.15, 0.2) is 24.3 Å². The van der Waals surface area contributed by atoms with E-state index in [9.17, 15) is 0 Å². The minimum atomic E-state index is 0.728. The summed E-state index contributed by atoms with van der Waals surface area (Å²) < 4.78 is 0. The third-order valence-electron chi connectivity index (χ3n) is 3.31. The molecule has 1 aliphatic rings. The Bertz CT molecular complexity index is 299. The number of benzene rings is 1. The van der Waals surface area contributed by atoms with Gasteiger partial charge >= 0.3 is 0 Å². The molecule has 1 aromatic rings. The Kier molecular flexibility index (Phi) is 4.37. The Morgan fingerprint density at radius 1 is 1.19 bits per heavy atom. The lowest BCUT2D eigenvalue weighted by Gasteiger charge is -2.23. The van der Waals surface area contributed by atoms with Crippen molar-refractivity contribution in [3.05, 3.63) is 35.4 Å². The van der Waals surface area contributed by atoms with Crippen molar-refractivity contribution in [2.24, 2.45) is 0 Å². The van der Waals surface area contributed by atoms with E-state index in [4.69, 9.17) is 0 Å². The van der Waals surface area contributed by atoms with Crippen molar-refractivity contribution in [2.75, 3.05) is 19.6 Å². The molecule has 1 aliphatic heterocycles. The zero-order valence-electron chi connectivity index (χ0n) is 10.1. The molecule has 0 bridgehead atoms. The van der Waals surface area contributed by atoms with Gasteiger partial charge in [-0.1, -0.05) is 29.8 Å². The highest BCUT2D eigenvalue weighted by Gasteiger charge is 2.11. The van der Waals surface area contributed by atoms with Crippen LogP contribution in [0.5, 0.6) is 0 Å². The van der Waals surface area contributed by atoms with Crippen molar-refractivity contribution in [2.45, 2.75) is 32.2 Å². The van der Waals surface area contributed by atoms with Crippen LogP contribution in [0.4, 0.5) is 0 Å². The van der Waals surface area contributed by atoms with Crippen molar-refractivity contribution in [1.82, 2.24) is 10.6 Å². The molecule has 0 saturated carbocycles. The van der Waals surface area contributed by atoms with Crippen molar-refractivity contribution in [3.63, 3.8) is 0 Å². The predicted molar refractivity (Wildman–Crippen MR) is 68.8 cm³/mol. The maximum absolute atomic E-state index is 3.64. The van der Waals surface area contributed by atoms with Gasteiger partial charge < -0.3 is 10.6 Å². The summed E-state index contributed by atoms with van der Waals surface area (Å²) in [6.07, 6.45) is 3.69. The fourth-order valence-corrected chi connectivity index (χ4v) is 2.20. The number of hydrogen-bond acceptors (Lipinski definition) is 2. The van der Waals surface area contributed by atoms with Crippen LogP contribution in [0, 0.1) is 6.92 Å². The normalized spacial score (nSPS) is 17.6. The summed E-state index contributed by atoms with van der Waals surface area (Å²) in [5.41, 5.74) is 2.78. The topological polar surface area (TPSA) is 24.1 Å². The zero-order chi connectivity index (χ0) is 11.2. The van der Waals surface area contributed by atoms with E-state index < -0.39 is 0 Å². The van der Waals surface area contributed by atoms with Crippen LogP contribution in [0.3, 0.4) is 0 Å². The number of piperidine rings is 1.